The van der Waals surface area contributed by atoms with Gasteiger partial charge in [-0.2, -0.15) is 0 Å². The third-order valence-electron chi connectivity index (χ3n) is 4.30. The van der Waals surface area contributed by atoms with Gasteiger partial charge in [0.15, 0.2) is 0 Å². The predicted molar refractivity (Wildman–Crippen MR) is 80.0 cm³/mol. The number of carbonyl (C=O) groups is 1. The van der Waals surface area contributed by atoms with Crippen LogP contribution < -0.4 is 0 Å². The van der Waals surface area contributed by atoms with Crippen molar-refractivity contribution >= 4 is 5.97 Å². The fourth-order valence-corrected chi connectivity index (χ4v) is 2.94. The Morgan fingerprint density at radius 1 is 1.35 bits per heavy atom. The van der Waals surface area contributed by atoms with E-state index < -0.39 is 5.97 Å². The van der Waals surface area contributed by atoms with E-state index in [0.717, 1.165) is 25.2 Å². The maximum atomic E-state index is 11.2. The molecule has 1 heterocycles. The van der Waals surface area contributed by atoms with Crippen molar-refractivity contribution in [1.82, 2.24) is 9.80 Å². The van der Waals surface area contributed by atoms with E-state index in [4.69, 9.17) is 0 Å². The van der Waals surface area contributed by atoms with Gasteiger partial charge >= 0.3 is 5.97 Å². The molecule has 0 spiro atoms. The molecule has 0 radical (unpaired) electrons. The minimum atomic E-state index is -0.838. The van der Waals surface area contributed by atoms with E-state index in [2.05, 4.69) is 23.8 Å². The molecule has 4 heteroatoms. The first kappa shape index (κ1) is 15.0. The highest BCUT2D eigenvalue weighted by molar-refractivity contribution is 5.89. The van der Waals surface area contributed by atoms with Crippen molar-refractivity contribution in [2.75, 3.05) is 26.7 Å². The van der Waals surface area contributed by atoms with Gasteiger partial charge in [-0.15, -0.1) is 0 Å². The number of hydrogen-bond acceptors (Lipinski definition) is 3. The molecule has 1 aliphatic rings. The minimum absolute atomic E-state index is 0.422. The predicted octanol–water partition coefficient (Wildman–Crippen LogP) is 2.30. The maximum absolute atomic E-state index is 11.2. The van der Waals surface area contributed by atoms with Crippen LogP contribution >= 0.6 is 0 Å². The molecule has 0 amide bonds. The largest absolute Gasteiger partial charge is 0.478 e. The van der Waals surface area contributed by atoms with Crippen molar-refractivity contribution in [2.24, 2.45) is 0 Å². The van der Waals surface area contributed by atoms with Gasteiger partial charge in [0.1, 0.15) is 0 Å². The monoisotopic (exact) mass is 276 g/mol. The third-order valence-corrected chi connectivity index (χ3v) is 4.30. The standard InChI is InChI=1S/C16H24N2O2/c1-3-18-10-8-14(9-11-18)17(2)12-13-6-4-5-7-15(13)16(19)20/h4-7,14H,3,8-12H2,1-2H3,(H,19,20). The highest BCUT2D eigenvalue weighted by atomic mass is 16.4. The van der Waals surface area contributed by atoms with Crippen LogP contribution in [-0.2, 0) is 6.54 Å². The molecule has 2 rings (SSSR count). The van der Waals surface area contributed by atoms with Gasteiger partial charge in [0.25, 0.3) is 0 Å². The highest BCUT2D eigenvalue weighted by Gasteiger charge is 2.22. The van der Waals surface area contributed by atoms with Crippen LogP contribution in [0.1, 0.15) is 35.7 Å². The van der Waals surface area contributed by atoms with Crippen LogP contribution in [0, 0.1) is 0 Å². The second kappa shape index (κ2) is 6.86. The number of hydrogen-bond donors (Lipinski definition) is 1. The summed E-state index contributed by atoms with van der Waals surface area (Å²) in [5.74, 6) is -0.838. The van der Waals surface area contributed by atoms with Gasteiger partial charge in [-0.25, -0.2) is 4.79 Å². The van der Waals surface area contributed by atoms with Crippen molar-refractivity contribution in [3.8, 4) is 0 Å². The molecule has 0 atom stereocenters. The van der Waals surface area contributed by atoms with Crippen LogP contribution in [0.3, 0.4) is 0 Å². The molecule has 110 valence electrons. The average Bonchev–Trinajstić information content (AvgIpc) is 2.47. The summed E-state index contributed by atoms with van der Waals surface area (Å²) >= 11 is 0. The molecule has 0 aromatic heterocycles. The zero-order valence-electron chi connectivity index (χ0n) is 12.4. The molecular formula is C16H24N2O2. The summed E-state index contributed by atoms with van der Waals surface area (Å²) < 4.78 is 0. The Bertz CT molecular complexity index is 454. The van der Waals surface area contributed by atoms with E-state index in [0.29, 0.717) is 18.2 Å². The Morgan fingerprint density at radius 3 is 2.60 bits per heavy atom. The molecule has 1 aromatic carbocycles. The quantitative estimate of drug-likeness (QED) is 0.896. The summed E-state index contributed by atoms with van der Waals surface area (Å²) in [6.45, 7) is 6.32. The van der Waals surface area contributed by atoms with E-state index >= 15 is 0 Å². The van der Waals surface area contributed by atoms with Crippen LogP contribution in [0.25, 0.3) is 0 Å². The summed E-state index contributed by atoms with van der Waals surface area (Å²) in [6, 6.07) is 7.86. The normalized spacial score (nSPS) is 17.6. The molecule has 1 aromatic rings. The maximum Gasteiger partial charge on any atom is 0.336 e. The zero-order valence-corrected chi connectivity index (χ0v) is 12.4. The van der Waals surface area contributed by atoms with Gasteiger partial charge in [0, 0.05) is 12.6 Å². The molecule has 0 bridgehead atoms. The van der Waals surface area contributed by atoms with Gasteiger partial charge in [-0.3, -0.25) is 4.90 Å². The molecule has 0 aliphatic carbocycles. The number of nitrogens with zero attached hydrogens (tertiary/aromatic N) is 2. The average molecular weight is 276 g/mol. The van der Waals surface area contributed by atoms with Gasteiger partial charge in [0.2, 0.25) is 0 Å². The summed E-state index contributed by atoms with van der Waals surface area (Å²) in [6.07, 6.45) is 2.33. The van der Waals surface area contributed by atoms with Crippen molar-refractivity contribution in [2.45, 2.75) is 32.4 Å². The van der Waals surface area contributed by atoms with Gasteiger partial charge in [-0.05, 0) is 51.2 Å². The van der Waals surface area contributed by atoms with Gasteiger partial charge in [-0.1, -0.05) is 25.1 Å². The summed E-state index contributed by atoms with van der Waals surface area (Å²) in [5.41, 5.74) is 1.32. The number of rotatable bonds is 5. The zero-order chi connectivity index (χ0) is 14.5. The first-order valence-corrected chi connectivity index (χ1v) is 7.35. The van der Waals surface area contributed by atoms with E-state index in [1.807, 2.05) is 12.1 Å². The minimum Gasteiger partial charge on any atom is -0.478 e. The molecule has 0 saturated carbocycles. The number of benzene rings is 1. The van der Waals surface area contributed by atoms with Crippen molar-refractivity contribution in [1.29, 1.82) is 0 Å². The molecule has 1 N–H and O–H groups in total. The summed E-state index contributed by atoms with van der Waals surface area (Å²) in [7, 11) is 2.10. The first-order valence-electron chi connectivity index (χ1n) is 7.35. The Kier molecular flexibility index (Phi) is 5.15. The Hall–Kier alpha value is -1.39. The van der Waals surface area contributed by atoms with Crippen LogP contribution in [0.4, 0.5) is 0 Å². The second-order valence-corrected chi connectivity index (χ2v) is 5.54. The van der Waals surface area contributed by atoms with Crippen LogP contribution in [-0.4, -0.2) is 53.6 Å². The number of aromatic carboxylic acids is 1. The lowest BCUT2D eigenvalue weighted by molar-refractivity contribution is 0.0693. The van der Waals surface area contributed by atoms with Crippen molar-refractivity contribution < 1.29 is 9.90 Å². The smallest absolute Gasteiger partial charge is 0.336 e. The van der Waals surface area contributed by atoms with E-state index in [9.17, 15) is 9.90 Å². The Morgan fingerprint density at radius 2 is 2.00 bits per heavy atom. The molecular weight excluding hydrogens is 252 g/mol. The lowest BCUT2D eigenvalue weighted by Crippen LogP contribution is -2.43. The molecule has 1 aliphatic heterocycles. The number of likely N-dealkylation sites (tertiary alicyclic amines) is 1. The first-order chi connectivity index (χ1) is 9.61. The number of carboxylic acid groups (broad SMARTS) is 1. The SMILES string of the molecule is CCN1CCC(N(C)Cc2ccccc2C(=O)O)CC1. The van der Waals surface area contributed by atoms with E-state index in [1.165, 1.54) is 12.8 Å². The second-order valence-electron chi connectivity index (χ2n) is 5.54. The van der Waals surface area contributed by atoms with Gasteiger partial charge < -0.3 is 10.0 Å². The van der Waals surface area contributed by atoms with Crippen LogP contribution in [0.15, 0.2) is 24.3 Å². The van der Waals surface area contributed by atoms with Crippen molar-refractivity contribution in [3.63, 3.8) is 0 Å². The number of piperidine rings is 1. The van der Waals surface area contributed by atoms with Crippen molar-refractivity contribution in [3.05, 3.63) is 35.4 Å². The molecule has 1 fully saturated rings. The van der Waals surface area contributed by atoms with Crippen LogP contribution in [0.5, 0.6) is 0 Å². The third kappa shape index (κ3) is 3.58. The van der Waals surface area contributed by atoms with Gasteiger partial charge in [0.05, 0.1) is 5.56 Å². The summed E-state index contributed by atoms with van der Waals surface area (Å²) in [4.78, 5) is 16.0. The lowest BCUT2D eigenvalue weighted by atomic mass is 10.0. The molecule has 1 saturated heterocycles. The van der Waals surface area contributed by atoms with E-state index in [1.54, 1.807) is 12.1 Å². The lowest BCUT2D eigenvalue weighted by Gasteiger charge is -2.36. The molecule has 0 unspecified atom stereocenters. The fraction of sp³-hybridized carbons (Fsp3) is 0.562. The Labute approximate surface area is 121 Å². The van der Waals surface area contributed by atoms with Crippen LogP contribution in [0.2, 0.25) is 0 Å². The summed E-state index contributed by atoms with van der Waals surface area (Å²) in [5, 5.41) is 9.23. The molecule has 4 nitrogen and oxygen atoms in total. The number of carboxylic acids is 1. The molecule has 20 heavy (non-hydrogen) atoms. The topological polar surface area (TPSA) is 43.8 Å². The van der Waals surface area contributed by atoms with E-state index in [-0.39, 0.29) is 0 Å². The highest BCUT2D eigenvalue weighted by Crippen LogP contribution is 2.19. The Balaban J connectivity index is 1.98. The fourth-order valence-electron chi connectivity index (χ4n) is 2.94.